The molecule has 1 atom stereocenters. The van der Waals surface area contributed by atoms with E-state index in [4.69, 9.17) is 4.74 Å². The molecule has 0 saturated heterocycles. The second-order valence-electron chi connectivity index (χ2n) is 5.88. The van der Waals surface area contributed by atoms with Crippen molar-refractivity contribution in [3.05, 3.63) is 35.0 Å². The molecule has 0 unspecified atom stereocenters. The third-order valence-corrected chi connectivity index (χ3v) is 4.15. The van der Waals surface area contributed by atoms with Gasteiger partial charge in [-0.25, -0.2) is 0 Å². The molecule has 3 rings (SSSR count). The van der Waals surface area contributed by atoms with Crippen molar-refractivity contribution >= 4 is 16.8 Å². The van der Waals surface area contributed by atoms with Crippen LogP contribution >= 0.6 is 0 Å². The van der Waals surface area contributed by atoms with E-state index in [0.717, 1.165) is 23.9 Å². The molecule has 112 valence electrons. The summed E-state index contributed by atoms with van der Waals surface area (Å²) >= 11 is 0. The van der Waals surface area contributed by atoms with E-state index in [2.05, 4.69) is 10.3 Å². The van der Waals surface area contributed by atoms with Crippen LogP contribution in [-0.4, -0.2) is 30.6 Å². The Morgan fingerprint density at radius 1 is 1.38 bits per heavy atom. The fraction of sp³-hybridized carbons (Fsp3) is 0.471. The Labute approximate surface area is 124 Å². The minimum absolute atomic E-state index is 0.0123. The van der Waals surface area contributed by atoms with Gasteiger partial charge in [0.25, 0.3) is 5.91 Å². The van der Waals surface area contributed by atoms with Gasteiger partial charge in [-0.1, -0.05) is 0 Å². The maximum absolute atomic E-state index is 12.3. The van der Waals surface area contributed by atoms with Gasteiger partial charge in [0.2, 0.25) is 0 Å². The van der Waals surface area contributed by atoms with E-state index in [1.165, 1.54) is 29.5 Å². The van der Waals surface area contributed by atoms with Gasteiger partial charge < -0.3 is 15.0 Å². The third-order valence-electron chi connectivity index (χ3n) is 4.15. The highest BCUT2D eigenvalue weighted by Crippen LogP contribution is 2.29. The summed E-state index contributed by atoms with van der Waals surface area (Å²) in [4.78, 5) is 15.8. The molecule has 1 aliphatic rings. The molecule has 1 aliphatic carbocycles. The molecule has 1 heterocycles. The average molecular weight is 286 g/mol. The number of benzene rings is 1. The van der Waals surface area contributed by atoms with Crippen molar-refractivity contribution in [1.82, 2.24) is 10.3 Å². The van der Waals surface area contributed by atoms with Crippen molar-refractivity contribution in [1.29, 1.82) is 0 Å². The standard InChI is InChI=1S/C17H22N2O2/c1-11(10-21-2)18-17(20)12-7-8-16-14(9-12)13-5-3-4-6-15(13)19-16/h7-9,11,19H,3-6,10H2,1-2H3,(H,18,20)/t11-/m1/s1. The first-order chi connectivity index (χ1) is 10.2. The monoisotopic (exact) mass is 286 g/mol. The lowest BCUT2D eigenvalue weighted by Gasteiger charge is -2.13. The Balaban J connectivity index is 1.88. The summed E-state index contributed by atoms with van der Waals surface area (Å²) in [5, 5.41) is 4.17. The summed E-state index contributed by atoms with van der Waals surface area (Å²) in [7, 11) is 1.64. The molecule has 1 amide bonds. The predicted molar refractivity (Wildman–Crippen MR) is 83.7 cm³/mol. The third kappa shape index (κ3) is 2.81. The van der Waals surface area contributed by atoms with Gasteiger partial charge >= 0.3 is 0 Å². The lowest BCUT2D eigenvalue weighted by molar-refractivity contribution is 0.0905. The number of ether oxygens (including phenoxy) is 1. The Morgan fingerprint density at radius 3 is 3.00 bits per heavy atom. The van der Waals surface area contributed by atoms with Gasteiger partial charge in [0.15, 0.2) is 0 Å². The maximum atomic E-state index is 12.3. The molecule has 2 N–H and O–H groups in total. The van der Waals surface area contributed by atoms with Crippen molar-refractivity contribution in [3.63, 3.8) is 0 Å². The van der Waals surface area contributed by atoms with E-state index < -0.39 is 0 Å². The number of aromatic amines is 1. The molecule has 1 aromatic carbocycles. The number of carbonyl (C=O) groups is 1. The second kappa shape index (κ2) is 5.90. The number of fused-ring (bicyclic) bond motifs is 3. The number of nitrogens with one attached hydrogen (secondary N) is 2. The zero-order valence-electron chi connectivity index (χ0n) is 12.7. The summed E-state index contributed by atoms with van der Waals surface area (Å²) in [5.41, 5.74) is 4.61. The number of hydrogen-bond acceptors (Lipinski definition) is 2. The van der Waals surface area contributed by atoms with E-state index in [0.29, 0.717) is 6.61 Å². The van der Waals surface area contributed by atoms with Crippen LogP contribution in [0.15, 0.2) is 18.2 Å². The van der Waals surface area contributed by atoms with Crippen molar-refractivity contribution in [2.24, 2.45) is 0 Å². The minimum Gasteiger partial charge on any atom is -0.383 e. The van der Waals surface area contributed by atoms with Crippen LogP contribution in [0.4, 0.5) is 0 Å². The van der Waals surface area contributed by atoms with Crippen LogP contribution in [-0.2, 0) is 17.6 Å². The molecule has 4 nitrogen and oxygen atoms in total. The Hall–Kier alpha value is -1.81. The molecule has 0 saturated carbocycles. The summed E-state index contributed by atoms with van der Waals surface area (Å²) in [6.07, 6.45) is 4.72. The molecule has 0 radical (unpaired) electrons. The summed E-state index contributed by atoms with van der Waals surface area (Å²) < 4.78 is 5.05. The normalized spacial score (nSPS) is 15.7. The first kappa shape index (κ1) is 14.1. The molecule has 1 aromatic heterocycles. The van der Waals surface area contributed by atoms with Gasteiger partial charge in [-0.3, -0.25) is 4.79 Å². The zero-order chi connectivity index (χ0) is 14.8. The smallest absolute Gasteiger partial charge is 0.251 e. The fourth-order valence-electron chi connectivity index (χ4n) is 3.15. The first-order valence-corrected chi connectivity index (χ1v) is 7.62. The Kier molecular flexibility index (Phi) is 3.97. The van der Waals surface area contributed by atoms with Crippen LogP contribution < -0.4 is 5.32 Å². The van der Waals surface area contributed by atoms with Crippen LogP contribution in [0.25, 0.3) is 10.9 Å². The van der Waals surface area contributed by atoms with E-state index in [1.807, 2.05) is 25.1 Å². The SMILES string of the molecule is COC[C@@H](C)NC(=O)c1ccc2[nH]c3c(c2c1)CCCC3. The highest BCUT2D eigenvalue weighted by Gasteiger charge is 2.17. The molecule has 2 aromatic rings. The average Bonchev–Trinajstić information content (AvgIpc) is 2.85. The van der Waals surface area contributed by atoms with Crippen LogP contribution in [0.1, 0.15) is 41.4 Å². The molecule has 4 heteroatoms. The lowest BCUT2D eigenvalue weighted by atomic mass is 9.95. The topological polar surface area (TPSA) is 54.1 Å². The van der Waals surface area contributed by atoms with Gasteiger partial charge in [-0.2, -0.15) is 0 Å². The minimum atomic E-state index is -0.0350. The summed E-state index contributed by atoms with van der Waals surface area (Å²) in [5.74, 6) is -0.0350. The number of carbonyl (C=O) groups excluding carboxylic acids is 1. The molecule has 21 heavy (non-hydrogen) atoms. The number of hydrogen-bond donors (Lipinski definition) is 2. The van der Waals surface area contributed by atoms with Crippen LogP contribution in [0.3, 0.4) is 0 Å². The molecule has 0 bridgehead atoms. The first-order valence-electron chi connectivity index (χ1n) is 7.62. The van der Waals surface area contributed by atoms with Crippen molar-refractivity contribution in [2.45, 2.75) is 38.6 Å². The maximum Gasteiger partial charge on any atom is 0.251 e. The number of methoxy groups -OCH3 is 1. The molecule has 0 fully saturated rings. The van der Waals surface area contributed by atoms with Gasteiger partial charge in [0.05, 0.1) is 6.61 Å². The highest BCUT2D eigenvalue weighted by molar-refractivity contribution is 5.99. The largest absolute Gasteiger partial charge is 0.383 e. The van der Waals surface area contributed by atoms with Gasteiger partial charge in [0.1, 0.15) is 0 Å². The zero-order valence-corrected chi connectivity index (χ0v) is 12.7. The number of aromatic nitrogens is 1. The summed E-state index contributed by atoms with van der Waals surface area (Å²) in [6, 6.07) is 5.94. The van der Waals surface area contributed by atoms with Crippen LogP contribution in [0.5, 0.6) is 0 Å². The Bertz CT molecular complexity index is 660. The number of H-pyrrole nitrogens is 1. The molecule has 0 aliphatic heterocycles. The van der Waals surface area contributed by atoms with Crippen LogP contribution in [0, 0.1) is 0 Å². The molecule has 0 spiro atoms. The van der Waals surface area contributed by atoms with E-state index in [9.17, 15) is 4.79 Å². The van der Waals surface area contributed by atoms with Crippen LogP contribution in [0.2, 0.25) is 0 Å². The van der Waals surface area contributed by atoms with Crippen molar-refractivity contribution in [3.8, 4) is 0 Å². The van der Waals surface area contributed by atoms with Gasteiger partial charge in [-0.05, 0) is 56.4 Å². The highest BCUT2D eigenvalue weighted by atomic mass is 16.5. The molecular formula is C17H22N2O2. The van der Waals surface area contributed by atoms with Gasteiger partial charge in [0, 0.05) is 35.3 Å². The van der Waals surface area contributed by atoms with Gasteiger partial charge in [-0.15, -0.1) is 0 Å². The molecular weight excluding hydrogens is 264 g/mol. The van der Waals surface area contributed by atoms with E-state index in [-0.39, 0.29) is 11.9 Å². The number of amides is 1. The van der Waals surface area contributed by atoms with Crippen molar-refractivity contribution in [2.75, 3.05) is 13.7 Å². The number of aryl methyl sites for hydroxylation is 2. The predicted octanol–water partition coefficient (Wildman–Crippen LogP) is 2.81. The number of rotatable bonds is 4. The quantitative estimate of drug-likeness (QED) is 0.908. The lowest BCUT2D eigenvalue weighted by Crippen LogP contribution is -2.35. The van der Waals surface area contributed by atoms with E-state index in [1.54, 1.807) is 7.11 Å². The van der Waals surface area contributed by atoms with Crippen molar-refractivity contribution < 1.29 is 9.53 Å². The van der Waals surface area contributed by atoms with E-state index >= 15 is 0 Å². The second-order valence-corrected chi connectivity index (χ2v) is 5.88. The fourth-order valence-corrected chi connectivity index (χ4v) is 3.15. The Morgan fingerprint density at radius 2 is 2.19 bits per heavy atom. The summed E-state index contributed by atoms with van der Waals surface area (Å²) in [6.45, 7) is 2.46.